The first-order chi connectivity index (χ1) is 20.1. The van der Waals surface area contributed by atoms with Gasteiger partial charge in [-0.15, -0.1) is 0 Å². The molecule has 2 aromatic rings. The number of nitrogens with one attached hydrogen (secondary N) is 1. The smallest absolute Gasteiger partial charge is 0.368 e. The van der Waals surface area contributed by atoms with E-state index in [0.717, 1.165) is 0 Å². The zero-order valence-corrected chi connectivity index (χ0v) is 22.8. The van der Waals surface area contributed by atoms with E-state index in [2.05, 4.69) is 5.32 Å². The fourth-order valence-electron chi connectivity index (χ4n) is 6.22. The molecule has 7 nitrogen and oxygen atoms in total. The van der Waals surface area contributed by atoms with E-state index in [4.69, 9.17) is 4.74 Å². The van der Waals surface area contributed by atoms with Gasteiger partial charge in [-0.1, -0.05) is 12.1 Å². The number of carbonyl (C=O) groups is 3. The zero-order chi connectivity index (χ0) is 31.3. The lowest BCUT2D eigenvalue weighted by Gasteiger charge is -2.38. The van der Waals surface area contributed by atoms with Crippen LogP contribution in [0.2, 0.25) is 0 Å². The predicted molar refractivity (Wildman–Crippen MR) is 137 cm³/mol. The van der Waals surface area contributed by atoms with E-state index in [9.17, 15) is 45.1 Å². The quantitative estimate of drug-likeness (QED) is 0.496. The minimum absolute atomic E-state index is 0.0337. The fraction of sp³-hybridized carbons (Fsp3) is 0.483. The molecule has 0 spiro atoms. The van der Waals surface area contributed by atoms with E-state index in [-0.39, 0.29) is 68.4 Å². The summed E-state index contributed by atoms with van der Waals surface area (Å²) in [7, 11) is 0. The topological polar surface area (TPSA) is 79.0 Å². The predicted octanol–water partition coefficient (Wildman–Crippen LogP) is 4.67. The highest BCUT2D eigenvalue weighted by Crippen LogP contribution is 2.45. The molecule has 1 N–H and O–H groups in total. The molecule has 0 aliphatic carbocycles. The Kier molecular flexibility index (Phi) is 8.18. The summed E-state index contributed by atoms with van der Waals surface area (Å²) in [6.45, 7) is 1.71. The van der Waals surface area contributed by atoms with Gasteiger partial charge in [0.1, 0.15) is 5.82 Å². The summed E-state index contributed by atoms with van der Waals surface area (Å²) in [5, 5.41) is 2.63. The molecule has 2 unspecified atom stereocenters. The summed E-state index contributed by atoms with van der Waals surface area (Å²) >= 11 is 0. The Labute approximate surface area is 242 Å². The molecule has 3 amide bonds. The maximum absolute atomic E-state index is 13.8. The van der Waals surface area contributed by atoms with Crippen LogP contribution >= 0.6 is 0 Å². The maximum atomic E-state index is 13.8. The Morgan fingerprint density at radius 2 is 1.63 bits per heavy atom. The van der Waals surface area contributed by atoms with Crippen molar-refractivity contribution < 1.29 is 49.9 Å². The third-order valence-electron chi connectivity index (χ3n) is 8.27. The minimum Gasteiger partial charge on any atom is -0.368 e. The Balaban J connectivity index is 1.45. The number of halogens is 7. The van der Waals surface area contributed by atoms with E-state index < -0.39 is 59.4 Å². The van der Waals surface area contributed by atoms with E-state index in [0.29, 0.717) is 17.7 Å². The SMILES string of the molecule is C[C@@H](O[C@H]1CN2C(=O)CC(C(=O)N3CCNC(=O)C3)C[C@H]2C1c1ccc(F)cc1)c1cc(C(F)(F)F)cc(C(F)(F)F)c1. The van der Waals surface area contributed by atoms with Crippen molar-refractivity contribution in [2.45, 2.75) is 56.3 Å². The van der Waals surface area contributed by atoms with E-state index in [1.165, 1.54) is 41.0 Å². The van der Waals surface area contributed by atoms with Crippen molar-refractivity contribution in [2.75, 3.05) is 26.2 Å². The molecule has 3 heterocycles. The lowest BCUT2D eigenvalue weighted by molar-refractivity contribution is -0.149. The lowest BCUT2D eigenvalue weighted by atomic mass is 9.81. The Morgan fingerprint density at radius 1 is 1.00 bits per heavy atom. The van der Waals surface area contributed by atoms with Gasteiger partial charge in [-0.05, 0) is 54.8 Å². The molecule has 5 rings (SSSR count). The first-order valence-electron chi connectivity index (χ1n) is 13.7. The van der Waals surface area contributed by atoms with Crippen LogP contribution in [0.4, 0.5) is 30.7 Å². The van der Waals surface area contributed by atoms with E-state index in [1.54, 1.807) is 0 Å². The van der Waals surface area contributed by atoms with Gasteiger partial charge < -0.3 is 19.9 Å². The molecule has 0 aromatic heterocycles. The van der Waals surface area contributed by atoms with Crippen molar-refractivity contribution in [3.8, 4) is 0 Å². The monoisotopic (exact) mass is 615 g/mol. The molecule has 43 heavy (non-hydrogen) atoms. The van der Waals surface area contributed by atoms with Crippen LogP contribution in [-0.4, -0.2) is 65.8 Å². The van der Waals surface area contributed by atoms with Gasteiger partial charge in [-0.2, -0.15) is 26.3 Å². The number of hydrogen-bond acceptors (Lipinski definition) is 4. The molecule has 0 bridgehead atoms. The van der Waals surface area contributed by atoms with E-state index in [1.807, 2.05) is 0 Å². The minimum atomic E-state index is -5.04. The van der Waals surface area contributed by atoms with Crippen molar-refractivity contribution in [3.05, 3.63) is 70.5 Å². The highest BCUT2D eigenvalue weighted by atomic mass is 19.4. The summed E-state index contributed by atoms with van der Waals surface area (Å²) in [6.07, 6.45) is -12.2. The van der Waals surface area contributed by atoms with Crippen molar-refractivity contribution in [1.29, 1.82) is 0 Å². The fourth-order valence-corrected chi connectivity index (χ4v) is 6.22. The molecule has 3 aliphatic rings. The van der Waals surface area contributed by atoms with Crippen LogP contribution in [0, 0.1) is 11.7 Å². The average Bonchev–Trinajstić information content (AvgIpc) is 3.30. The number of nitrogens with zero attached hydrogens (tertiary/aromatic N) is 2. The van der Waals surface area contributed by atoms with Crippen molar-refractivity contribution >= 4 is 17.7 Å². The summed E-state index contributed by atoms with van der Waals surface area (Å²) < 4.78 is 101. The molecule has 232 valence electrons. The summed E-state index contributed by atoms with van der Waals surface area (Å²) in [4.78, 5) is 41.3. The van der Waals surface area contributed by atoms with Gasteiger partial charge in [0.25, 0.3) is 0 Å². The molecule has 3 fully saturated rings. The van der Waals surface area contributed by atoms with Gasteiger partial charge in [0.2, 0.25) is 17.7 Å². The molecule has 3 saturated heterocycles. The van der Waals surface area contributed by atoms with Gasteiger partial charge >= 0.3 is 12.4 Å². The van der Waals surface area contributed by atoms with Gasteiger partial charge in [0, 0.05) is 43.9 Å². The molecule has 5 atom stereocenters. The van der Waals surface area contributed by atoms with Crippen LogP contribution in [0.15, 0.2) is 42.5 Å². The normalized spacial score (nSPS) is 25.4. The number of benzene rings is 2. The largest absolute Gasteiger partial charge is 0.416 e. The average molecular weight is 616 g/mol. The number of piperidine rings is 1. The van der Waals surface area contributed by atoms with Crippen LogP contribution in [0.3, 0.4) is 0 Å². The first kappa shape index (κ1) is 30.8. The Morgan fingerprint density at radius 3 is 2.21 bits per heavy atom. The Hall–Kier alpha value is -3.68. The number of ether oxygens (including phenoxy) is 1. The van der Waals surface area contributed by atoms with E-state index >= 15 is 0 Å². The van der Waals surface area contributed by atoms with Gasteiger partial charge in [-0.3, -0.25) is 14.4 Å². The molecular weight excluding hydrogens is 587 g/mol. The standard InChI is InChI=1S/C29H28F7N3O4/c1-15(17-8-19(28(31,32)33)12-20(9-17)29(34,35)36)43-23-13-39-22(26(23)16-2-4-21(30)5-3-16)10-18(11-25(39)41)27(42)38-7-6-37-24(40)14-38/h2-5,8-9,12,15,18,22-23,26H,6-7,10-11,13-14H2,1H3,(H,37,40)/t15-,18?,22+,23+,26?/m1/s1. The number of amides is 3. The van der Waals surface area contributed by atoms with Crippen LogP contribution in [0.1, 0.15) is 54.0 Å². The molecule has 3 aliphatic heterocycles. The maximum Gasteiger partial charge on any atom is 0.416 e. The lowest BCUT2D eigenvalue weighted by Crippen LogP contribution is -2.54. The van der Waals surface area contributed by atoms with Gasteiger partial charge in [0.15, 0.2) is 0 Å². The Bertz CT molecular complexity index is 1360. The first-order valence-corrected chi connectivity index (χ1v) is 13.7. The van der Waals surface area contributed by atoms with Crippen molar-refractivity contribution in [1.82, 2.24) is 15.1 Å². The number of piperazine rings is 1. The third-order valence-corrected chi connectivity index (χ3v) is 8.27. The van der Waals surface area contributed by atoms with Crippen LogP contribution < -0.4 is 5.32 Å². The van der Waals surface area contributed by atoms with Crippen molar-refractivity contribution in [3.63, 3.8) is 0 Å². The molecular formula is C29H28F7N3O4. The second kappa shape index (κ2) is 11.4. The number of rotatable bonds is 5. The van der Waals surface area contributed by atoms with Gasteiger partial charge in [-0.25, -0.2) is 4.39 Å². The summed E-state index contributed by atoms with van der Waals surface area (Å²) in [6, 6.07) is 5.95. The molecule has 0 radical (unpaired) electrons. The third kappa shape index (κ3) is 6.48. The van der Waals surface area contributed by atoms with Crippen LogP contribution in [0.25, 0.3) is 0 Å². The number of carbonyl (C=O) groups excluding carboxylic acids is 3. The summed E-state index contributed by atoms with van der Waals surface area (Å²) in [5.41, 5.74) is -2.78. The van der Waals surface area contributed by atoms with Crippen LogP contribution in [-0.2, 0) is 31.5 Å². The zero-order valence-electron chi connectivity index (χ0n) is 22.8. The highest BCUT2D eigenvalue weighted by molar-refractivity contribution is 5.91. The highest BCUT2D eigenvalue weighted by Gasteiger charge is 2.51. The molecule has 2 aromatic carbocycles. The van der Waals surface area contributed by atoms with Crippen molar-refractivity contribution in [2.24, 2.45) is 5.92 Å². The molecule has 0 saturated carbocycles. The number of alkyl halides is 6. The summed E-state index contributed by atoms with van der Waals surface area (Å²) in [5.74, 6) is -3.01. The second-order valence-corrected chi connectivity index (χ2v) is 11.1. The van der Waals surface area contributed by atoms with Crippen LogP contribution in [0.5, 0.6) is 0 Å². The number of hydrogen-bond donors (Lipinski definition) is 1. The second-order valence-electron chi connectivity index (χ2n) is 11.1. The molecule has 14 heteroatoms. The number of fused-ring (bicyclic) bond motifs is 1. The van der Waals surface area contributed by atoms with Gasteiger partial charge in [0.05, 0.1) is 29.9 Å².